The van der Waals surface area contributed by atoms with E-state index in [1.165, 1.54) is 17.0 Å². The molecule has 38 heavy (non-hydrogen) atoms. The predicted molar refractivity (Wildman–Crippen MR) is 141 cm³/mol. The van der Waals surface area contributed by atoms with Crippen molar-refractivity contribution < 1.29 is 23.9 Å². The number of aliphatic hydroxyl groups is 1. The summed E-state index contributed by atoms with van der Waals surface area (Å²) in [6, 6.07) is 11.9. The standard InChI is InChI=1S/C28H34FN5O4/c1-28(2,3)24(27(38)33-15-6-9-22(33)25(36)30-14-16-35)31-26(37)23-20-7-4-5-8-21(20)34(32-23)17-18-10-12-19(29)13-11-18/h4-5,7-8,10-13,22,24,35H,6,9,14-17H2,1-3H3,(H,30,36)(H,31,37)/t22-,24+/m0/s1. The second kappa shape index (κ2) is 11.3. The number of benzene rings is 2. The molecule has 3 N–H and O–H groups in total. The van der Waals surface area contributed by atoms with Gasteiger partial charge in [0.15, 0.2) is 5.69 Å². The van der Waals surface area contributed by atoms with Gasteiger partial charge in [0.25, 0.3) is 5.91 Å². The Morgan fingerprint density at radius 1 is 1.13 bits per heavy atom. The van der Waals surface area contributed by atoms with E-state index in [4.69, 9.17) is 5.11 Å². The fourth-order valence-electron chi connectivity index (χ4n) is 4.79. The molecule has 4 rings (SSSR count). The number of rotatable bonds is 8. The van der Waals surface area contributed by atoms with Gasteiger partial charge in [-0.25, -0.2) is 4.39 Å². The van der Waals surface area contributed by atoms with Crippen molar-refractivity contribution in [1.82, 2.24) is 25.3 Å². The lowest BCUT2D eigenvalue weighted by Crippen LogP contribution is -2.57. The number of hydrogen-bond acceptors (Lipinski definition) is 5. The first kappa shape index (κ1) is 27.3. The number of fused-ring (bicyclic) bond motifs is 1. The summed E-state index contributed by atoms with van der Waals surface area (Å²) < 4.78 is 15.1. The summed E-state index contributed by atoms with van der Waals surface area (Å²) in [5.41, 5.74) is 1.10. The number of likely N-dealkylation sites (tertiary alicyclic amines) is 1. The number of para-hydroxylation sites is 1. The first-order valence-electron chi connectivity index (χ1n) is 12.8. The quantitative estimate of drug-likeness (QED) is 0.420. The van der Waals surface area contributed by atoms with Crippen molar-refractivity contribution in [2.75, 3.05) is 19.7 Å². The minimum absolute atomic E-state index is 0.116. The van der Waals surface area contributed by atoms with Gasteiger partial charge in [0.05, 0.1) is 18.7 Å². The van der Waals surface area contributed by atoms with Gasteiger partial charge in [-0.1, -0.05) is 51.1 Å². The van der Waals surface area contributed by atoms with Crippen molar-refractivity contribution >= 4 is 28.6 Å². The maximum atomic E-state index is 13.7. The second-order valence-corrected chi connectivity index (χ2v) is 10.6. The third kappa shape index (κ3) is 5.85. The summed E-state index contributed by atoms with van der Waals surface area (Å²) in [7, 11) is 0. The Kier molecular flexibility index (Phi) is 8.11. The van der Waals surface area contributed by atoms with E-state index in [9.17, 15) is 18.8 Å². The fraction of sp³-hybridized carbons (Fsp3) is 0.429. The van der Waals surface area contributed by atoms with E-state index in [1.807, 2.05) is 39.0 Å². The van der Waals surface area contributed by atoms with Gasteiger partial charge in [0, 0.05) is 18.5 Å². The molecule has 1 aromatic heterocycles. The summed E-state index contributed by atoms with van der Waals surface area (Å²) in [6.45, 7) is 6.26. The molecule has 3 amide bonds. The largest absolute Gasteiger partial charge is 0.395 e. The molecule has 0 aliphatic carbocycles. The number of halogens is 1. The third-order valence-electron chi connectivity index (χ3n) is 6.76. The van der Waals surface area contributed by atoms with Gasteiger partial charge in [0.1, 0.15) is 17.9 Å². The molecule has 1 aliphatic heterocycles. The lowest BCUT2D eigenvalue weighted by atomic mass is 9.85. The maximum Gasteiger partial charge on any atom is 0.273 e. The molecule has 0 radical (unpaired) electrons. The van der Waals surface area contributed by atoms with Crippen LogP contribution in [0.15, 0.2) is 48.5 Å². The number of aliphatic hydroxyl groups excluding tert-OH is 1. The molecular weight excluding hydrogens is 489 g/mol. The summed E-state index contributed by atoms with van der Waals surface area (Å²) in [5.74, 6) is -1.46. The van der Waals surface area contributed by atoms with Crippen molar-refractivity contribution in [3.8, 4) is 0 Å². The molecule has 10 heteroatoms. The lowest BCUT2D eigenvalue weighted by molar-refractivity contribution is -0.141. The van der Waals surface area contributed by atoms with Crippen LogP contribution in [0.2, 0.25) is 0 Å². The minimum atomic E-state index is -0.901. The summed E-state index contributed by atoms with van der Waals surface area (Å²) >= 11 is 0. The highest BCUT2D eigenvalue weighted by molar-refractivity contribution is 6.06. The van der Waals surface area contributed by atoms with E-state index in [0.29, 0.717) is 31.3 Å². The highest BCUT2D eigenvalue weighted by atomic mass is 19.1. The lowest BCUT2D eigenvalue weighted by Gasteiger charge is -2.35. The normalized spacial score (nSPS) is 16.4. The van der Waals surface area contributed by atoms with Crippen LogP contribution in [-0.4, -0.2) is 69.3 Å². The molecule has 1 aliphatic rings. The predicted octanol–water partition coefficient (Wildman–Crippen LogP) is 2.47. The Balaban J connectivity index is 1.60. The van der Waals surface area contributed by atoms with E-state index in [2.05, 4.69) is 15.7 Å². The first-order chi connectivity index (χ1) is 18.1. The molecule has 0 spiro atoms. The number of nitrogens with zero attached hydrogens (tertiary/aromatic N) is 3. The van der Waals surface area contributed by atoms with E-state index < -0.39 is 23.4 Å². The van der Waals surface area contributed by atoms with Crippen LogP contribution in [0.1, 0.15) is 49.7 Å². The van der Waals surface area contributed by atoms with E-state index in [0.717, 1.165) is 11.1 Å². The number of nitrogens with one attached hydrogen (secondary N) is 2. The number of carbonyl (C=O) groups excluding carboxylic acids is 3. The molecule has 2 aromatic carbocycles. The van der Waals surface area contributed by atoms with Gasteiger partial charge in [-0.2, -0.15) is 5.10 Å². The monoisotopic (exact) mass is 523 g/mol. The van der Waals surface area contributed by atoms with Crippen LogP contribution in [0.4, 0.5) is 4.39 Å². The van der Waals surface area contributed by atoms with Gasteiger partial charge in [0.2, 0.25) is 11.8 Å². The molecule has 2 heterocycles. The average molecular weight is 524 g/mol. The average Bonchev–Trinajstić information content (AvgIpc) is 3.52. The van der Waals surface area contributed by atoms with Gasteiger partial charge < -0.3 is 20.6 Å². The molecule has 1 fully saturated rings. The smallest absolute Gasteiger partial charge is 0.273 e. The molecule has 0 saturated carbocycles. The molecule has 9 nitrogen and oxygen atoms in total. The molecule has 202 valence electrons. The van der Waals surface area contributed by atoms with Crippen molar-refractivity contribution in [3.05, 3.63) is 65.6 Å². The van der Waals surface area contributed by atoms with E-state index >= 15 is 0 Å². The van der Waals surface area contributed by atoms with Crippen LogP contribution in [0.25, 0.3) is 10.9 Å². The van der Waals surface area contributed by atoms with Gasteiger partial charge in [-0.05, 0) is 42.0 Å². The molecule has 2 atom stereocenters. The van der Waals surface area contributed by atoms with E-state index in [1.54, 1.807) is 22.9 Å². The number of hydrogen-bond donors (Lipinski definition) is 3. The van der Waals surface area contributed by atoms with E-state index in [-0.39, 0.29) is 36.5 Å². The Labute approximate surface area is 221 Å². The SMILES string of the molecule is CC(C)(C)[C@H](NC(=O)c1nn(Cc2ccc(F)cc2)c2ccccc12)C(=O)N1CCC[C@H]1C(=O)NCCO. The molecule has 1 saturated heterocycles. The van der Waals surface area contributed by atoms with Gasteiger partial charge in [-0.3, -0.25) is 19.1 Å². The first-order valence-corrected chi connectivity index (χ1v) is 12.8. The maximum absolute atomic E-state index is 13.7. The summed E-state index contributed by atoms with van der Waals surface area (Å²) in [4.78, 5) is 41.4. The van der Waals surface area contributed by atoms with Crippen LogP contribution in [0, 0.1) is 11.2 Å². The van der Waals surface area contributed by atoms with Crippen LogP contribution >= 0.6 is 0 Å². The van der Waals surface area contributed by atoms with Crippen molar-refractivity contribution in [2.24, 2.45) is 5.41 Å². The molecular formula is C28H34FN5O4. The molecule has 0 unspecified atom stereocenters. The zero-order chi connectivity index (χ0) is 27.4. The number of carbonyl (C=O) groups is 3. The van der Waals surface area contributed by atoms with Crippen LogP contribution in [-0.2, 0) is 16.1 Å². The summed E-state index contributed by atoms with van der Waals surface area (Å²) in [6.07, 6.45) is 1.19. The van der Waals surface area contributed by atoms with Crippen molar-refractivity contribution in [2.45, 2.75) is 52.2 Å². The Hall–Kier alpha value is -3.79. The van der Waals surface area contributed by atoms with Crippen molar-refractivity contribution in [3.63, 3.8) is 0 Å². The van der Waals surface area contributed by atoms with Gasteiger partial charge >= 0.3 is 0 Å². The highest BCUT2D eigenvalue weighted by Crippen LogP contribution is 2.27. The Bertz CT molecular complexity index is 1320. The minimum Gasteiger partial charge on any atom is -0.395 e. The van der Waals surface area contributed by atoms with Crippen molar-refractivity contribution in [1.29, 1.82) is 0 Å². The second-order valence-electron chi connectivity index (χ2n) is 10.6. The topological polar surface area (TPSA) is 117 Å². The molecule has 3 aromatic rings. The van der Waals surface area contributed by atoms with Gasteiger partial charge in [-0.15, -0.1) is 0 Å². The zero-order valence-electron chi connectivity index (χ0n) is 21.9. The number of aromatic nitrogens is 2. The summed E-state index contributed by atoms with van der Waals surface area (Å²) in [5, 5.41) is 19.8. The number of amides is 3. The van der Waals surface area contributed by atoms with Crippen LogP contribution < -0.4 is 10.6 Å². The van der Waals surface area contributed by atoms with Crippen LogP contribution in [0.5, 0.6) is 0 Å². The Morgan fingerprint density at radius 3 is 2.53 bits per heavy atom. The fourth-order valence-corrected chi connectivity index (χ4v) is 4.79. The Morgan fingerprint density at radius 2 is 1.84 bits per heavy atom. The zero-order valence-corrected chi connectivity index (χ0v) is 21.9. The van der Waals surface area contributed by atoms with Crippen LogP contribution in [0.3, 0.4) is 0 Å². The molecule has 0 bridgehead atoms. The third-order valence-corrected chi connectivity index (χ3v) is 6.76. The highest BCUT2D eigenvalue weighted by Gasteiger charge is 2.42.